The number of rotatable bonds is 10. The van der Waals surface area contributed by atoms with Gasteiger partial charge in [-0.25, -0.2) is 4.63 Å². The average molecular weight is 308 g/mol. The zero-order chi connectivity index (χ0) is 15.8. The van der Waals surface area contributed by atoms with Gasteiger partial charge in [0.15, 0.2) is 5.52 Å². The van der Waals surface area contributed by atoms with E-state index in [4.69, 9.17) is 5.73 Å². The van der Waals surface area contributed by atoms with Crippen LogP contribution >= 0.6 is 0 Å². The standard InChI is InChI=1S/C13H20N6O3/c14-6-3-8-15-7-1-2-9-16-10-4-5-11(19(20)21)13-12(10)17-22-18-13/h4-5,15-16H,1-3,6-9,14H2. The Kier molecular flexibility index (Phi) is 6.04. The summed E-state index contributed by atoms with van der Waals surface area (Å²) in [5.41, 5.74) is 6.55. The number of hydrogen-bond acceptors (Lipinski definition) is 8. The van der Waals surface area contributed by atoms with Crippen LogP contribution in [0.5, 0.6) is 0 Å². The Morgan fingerprint density at radius 1 is 1.14 bits per heavy atom. The van der Waals surface area contributed by atoms with Crippen molar-refractivity contribution in [3.8, 4) is 0 Å². The molecule has 9 nitrogen and oxygen atoms in total. The molecule has 1 heterocycles. The highest BCUT2D eigenvalue weighted by Gasteiger charge is 2.19. The van der Waals surface area contributed by atoms with Crippen LogP contribution in [0.1, 0.15) is 19.3 Å². The third kappa shape index (κ3) is 4.12. The molecule has 0 aliphatic heterocycles. The number of anilines is 1. The number of nitrogens with zero attached hydrogens (tertiary/aromatic N) is 3. The Morgan fingerprint density at radius 3 is 2.64 bits per heavy atom. The Morgan fingerprint density at radius 2 is 1.86 bits per heavy atom. The fourth-order valence-electron chi connectivity index (χ4n) is 2.09. The van der Waals surface area contributed by atoms with Crippen LogP contribution in [0.2, 0.25) is 0 Å². The Labute approximate surface area is 127 Å². The second-order valence-corrected chi connectivity index (χ2v) is 4.88. The maximum atomic E-state index is 10.9. The number of unbranched alkanes of at least 4 members (excludes halogenated alkanes) is 1. The van der Waals surface area contributed by atoms with Crippen molar-refractivity contribution in [1.82, 2.24) is 15.6 Å². The molecule has 9 heteroatoms. The summed E-state index contributed by atoms with van der Waals surface area (Å²) in [7, 11) is 0. The number of hydrogen-bond donors (Lipinski definition) is 3. The molecule has 0 fully saturated rings. The van der Waals surface area contributed by atoms with Crippen LogP contribution in [0.3, 0.4) is 0 Å². The van der Waals surface area contributed by atoms with Crippen LogP contribution in [0.4, 0.5) is 11.4 Å². The van der Waals surface area contributed by atoms with Gasteiger partial charge >= 0.3 is 5.69 Å². The molecule has 0 aliphatic rings. The molecule has 22 heavy (non-hydrogen) atoms. The van der Waals surface area contributed by atoms with E-state index in [1.54, 1.807) is 6.07 Å². The smallest absolute Gasteiger partial charge is 0.300 e. The monoisotopic (exact) mass is 308 g/mol. The fourth-order valence-corrected chi connectivity index (χ4v) is 2.09. The lowest BCUT2D eigenvalue weighted by molar-refractivity contribution is -0.383. The molecule has 0 saturated heterocycles. The van der Waals surface area contributed by atoms with E-state index in [1.165, 1.54) is 6.07 Å². The number of nitrogens with one attached hydrogen (secondary N) is 2. The maximum Gasteiger partial charge on any atom is 0.300 e. The molecule has 1 aromatic heterocycles. The molecule has 2 rings (SSSR count). The molecular formula is C13H20N6O3. The highest BCUT2D eigenvalue weighted by atomic mass is 16.6. The van der Waals surface area contributed by atoms with Crippen molar-refractivity contribution >= 4 is 22.4 Å². The second-order valence-electron chi connectivity index (χ2n) is 4.88. The first-order valence-corrected chi connectivity index (χ1v) is 7.28. The molecule has 0 amide bonds. The minimum Gasteiger partial charge on any atom is -0.383 e. The minimum atomic E-state index is -0.497. The van der Waals surface area contributed by atoms with E-state index in [0.29, 0.717) is 17.7 Å². The van der Waals surface area contributed by atoms with E-state index in [-0.39, 0.29) is 11.2 Å². The lowest BCUT2D eigenvalue weighted by Gasteiger charge is -2.07. The van der Waals surface area contributed by atoms with Gasteiger partial charge in [0, 0.05) is 12.6 Å². The Bertz CT molecular complexity index is 615. The molecule has 1 aromatic carbocycles. The normalized spacial score (nSPS) is 11.0. The predicted molar refractivity (Wildman–Crippen MR) is 82.7 cm³/mol. The van der Waals surface area contributed by atoms with Crippen LogP contribution < -0.4 is 16.4 Å². The quantitative estimate of drug-likeness (QED) is 0.339. The molecule has 4 N–H and O–H groups in total. The van der Waals surface area contributed by atoms with E-state index < -0.39 is 4.92 Å². The van der Waals surface area contributed by atoms with Gasteiger partial charge in [-0.2, -0.15) is 0 Å². The summed E-state index contributed by atoms with van der Waals surface area (Å²) >= 11 is 0. The Balaban J connectivity index is 1.81. The van der Waals surface area contributed by atoms with Crippen molar-refractivity contribution in [3.63, 3.8) is 0 Å². The third-order valence-corrected chi connectivity index (χ3v) is 3.24. The average Bonchev–Trinajstić information content (AvgIpc) is 2.99. The topological polar surface area (TPSA) is 132 Å². The van der Waals surface area contributed by atoms with Crippen molar-refractivity contribution in [2.24, 2.45) is 5.73 Å². The van der Waals surface area contributed by atoms with Gasteiger partial charge in [-0.3, -0.25) is 10.1 Å². The summed E-state index contributed by atoms with van der Waals surface area (Å²) in [6.07, 6.45) is 2.99. The molecule has 0 saturated carbocycles. The second kappa shape index (κ2) is 8.25. The van der Waals surface area contributed by atoms with Crippen LogP contribution in [-0.2, 0) is 0 Å². The summed E-state index contributed by atoms with van der Waals surface area (Å²) in [5, 5.41) is 24.7. The van der Waals surface area contributed by atoms with Crippen molar-refractivity contribution in [3.05, 3.63) is 22.2 Å². The molecule has 0 radical (unpaired) electrons. The van der Waals surface area contributed by atoms with Crippen LogP contribution in [-0.4, -0.2) is 41.4 Å². The Hall–Kier alpha value is -2.26. The van der Waals surface area contributed by atoms with E-state index in [1.807, 2.05) is 0 Å². The molecule has 0 aliphatic carbocycles. The number of non-ortho nitro benzene ring substituents is 1. The number of aromatic nitrogens is 2. The lowest BCUT2D eigenvalue weighted by atomic mass is 10.2. The SMILES string of the molecule is NCCCNCCCCNc1ccc([N+](=O)[O-])c2nonc12. The first-order valence-electron chi connectivity index (χ1n) is 7.28. The molecule has 2 aromatic rings. The predicted octanol–water partition coefficient (Wildman–Crippen LogP) is 1.26. The van der Waals surface area contributed by atoms with Crippen molar-refractivity contribution < 1.29 is 9.55 Å². The minimum absolute atomic E-state index is 0.106. The van der Waals surface area contributed by atoms with Crippen molar-refractivity contribution in [2.45, 2.75) is 19.3 Å². The van der Waals surface area contributed by atoms with Gasteiger partial charge in [0.1, 0.15) is 0 Å². The third-order valence-electron chi connectivity index (χ3n) is 3.24. The van der Waals surface area contributed by atoms with Gasteiger partial charge < -0.3 is 16.4 Å². The number of nitrogens with two attached hydrogens (primary N) is 1. The maximum absolute atomic E-state index is 10.9. The van der Waals surface area contributed by atoms with Crippen LogP contribution in [0.15, 0.2) is 16.8 Å². The summed E-state index contributed by atoms with van der Waals surface area (Å²) in [6.45, 7) is 3.34. The molecule has 0 spiro atoms. The first kappa shape index (κ1) is 16.1. The van der Waals surface area contributed by atoms with Gasteiger partial charge in [-0.15, -0.1) is 0 Å². The van der Waals surface area contributed by atoms with E-state index in [0.717, 1.165) is 38.9 Å². The zero-order valence-corrected chi connectivity index (χ0v) is 12.2. The molecular weight excluding hydrogens is 288 g/mol. The van der Waals surface area contributed by atoms with E-state index in [2.05, 4.69) is 25.6 Å². The number of nitro benzene ring substituents is 1. The highest BCUT2D eigenvalue weighted by Crippen LogP contribution is 2.28. The first-order chi connectivity index (χ1) is 10.7. The largest absolute Gasteiger partial charge is 0.383 e. The zero-order valence-electron chi connectivity index (χ0n) is 12.2. The lowest BCUT2D eigenvalue weighted by Crippen LogP contribution is -2.19. The molecule has 120 valence electrons. The van der Waals surface area contributed by atoms with Crippen molar-refractivity contribution in [1.29, 1.82) is 0 Å². The van der Waals surface area contributed by atoms with Crippen LogP contribution in [0, 0.1) is 10.1 Å². The summed E-state index contributed by atoms with van der Waals surface area (Å²) in [4.78, 5) is 10.4. The van der Waals surface area contributed by atoms with Gasteiger partial charge in [-0.1, -0.05) is 0 Å². The summed E-state index contributed by atoms with van der Waals surface area (Å²) in [6, 6.07) is 3.04. The molecule has 0 unspecified atom stereocenters. The van der Waals surface area contributed by atoms with Crippen LogP contribution in [0.25, 0.3) is 11.0 Å². The summed E-state index contributed by atoms with van der Waals surface area (Å²) < 4.78 is 4.61. The van der Waals surface area contributed by atoms with E-state index >= 15 is 0 Å². The summed E-state index contributed by atoms with van der Waals surface area (Å²) in [5.74, 6) is 0. The number of nitro groups is 1. The van der Waals surface area contributed by atoms with Gasteiger partial charge in [0.2, 0.25) is 5.52 Å². The van der Waals surface area contributed by atoms with E-state index in [9.17, 15) is 10.1 Å². The molecule has 0 atom stereocenters. The fraction of sp³-hybridized carbons (Fsp3) is 0.538. The van der Waals surface area contributed by atoms with Crippen molar-refractivity contribution in [2.75, 3.05) is 31.5 Å². The highest BCUT2D eigenvalue weighted by molar-refractivity contribution is 5.93. The number of fused-ring (bicyclic) bond motifs is 1. The number of benzene rings is 1. The molecule has 0 bridgehead atoms. The van der Waals surface area contributed by atoms with Gasteiger partial charge in [-0.05, 0) is 55.3 Å². The van der Waals surface area contributed by atoms with Gasteiger partial charge in [0.05, 0.1) is 10.6 Å². The van der Waals surface area contributed by atoms with Gasteiger partial charge in [0.25, 0.3) is 0 Å².